The fraction of sp³-hybridized carbons (Fsp3) is 0.440. The molecule has 1 N–H and O–H groups in total. The van der Waals surface area contributed by atoms with Gasteiger partial charge in [-0.2, -0.15) is 0 Å². The van der Waals surface area contributed by atoms with Crippen LogP contribution in [-0.4, -0.2) is 48.8 Å². The molecule has 2 atom stereocenters. The van der Waals surface area contributed by atoms with Crippen LogP contribution in [0, 0.1) is 11.8 Å². The number of likely N-dealkylation sites (tertiary alicyclic amines) is 1. The van der Waals surface area contributed by atoms with E-state index in [9.17, 15) is 9.59 Å². The monoisotopic (exact) mass is 405 g/mol. The maximum Gasteiger partial charge on any atom is 0.256 e. The molecular formula is C25H31N3O2. The summed E-state index contributed by atoms with van der Waals surface area (Å²) < 4.78 is 0. The van der Waals surface area contributed by atoms with Crippen molar-refractivity contribution in [1.29, 1.82) is 0 Å². The number of anilines is 1. The highest BCUT2D eigenvalue weighted by molar-refractivity contribution is 6.13. The van der Waals surface area contributed by atoms with E-state index in [1.54, 1.807) is 18.0 Å². The molecule has 30 heavy (non-hydrogen) atoms. The second kappa shape index (κ2) is 8.60. The van der Waals surface area contributed by atoms with Crippen LogP contribution < -0.4 is 5.32 Å². The number of hydrogen-bond acceptors (Lipinski definition) is 3. The topological polar surface area (TPSA) is 52.7 Å². The van der Waals surface area contributed by atoms with Gasteiger partial charge in [0.25, 0.3) is 11.8 Å². The van der Waals surface area contributed by atoms with Gasteiger partial charge in [0.05, 0.1) is 11.1 Å². The maximum absolute atomic E-state index is 12.8. The third-order valence-electron chi connectivity index (χ3n) is 6.67. The molecule has 2 aromatic rings. The molecule has 5 nitrogen and oxygen atoms in total. The number of nitrogens with zero attached hydrogens (tertiary/aromatic N) is 2. The maximum atomic E-state index is 12.8. The van der Waals surface area contributed by atoms with Crippen molar-refractivity contribution >= 4 is 17.5 Å². The SMILES string of the molecule is C[C@@H]1CN(C)CC[C@@H]1CCc1ccc(NC(=O)c2cccc3c2C(=O)N(C)C3)cc1. The van der Waals surface area contributed by atoms with Crippen LogP contribution in [0.15, 0.2) is 42.5 Å². The standard InChI is InChI=1S/C25H31N3O2/c1-17-15-27(2)14-13-19(17)10-7-18-8-11-21(12-9-18)26-24(29)22-6-4-5-20-16-28(3)25(30)23(20)22/h4-6,8-9,11-12,17,19H,7,10,13-16H2,1-3H3,(H,26,29)/t17-,19+/m1/s1. The third-order valence-corrected chi connectivity index (χ3v) is 6.67. The van der Waals surface area contributed by atoms with Crippen LogP contribution >= 0.6 is 0 Å². The predicted molar refractivity (Wildman–Crippen MR) is 120 cm³/mol. The minimum atomic E-state index is -0.233. The first-order valence-electron chi connectivity index (χ1n) is 10.9. The summed E-state index contributed by atoms with van der Waals surface area (Å²) in [5.74, 6) is 1.21. The van der Waals surface area contributed by atoms with Gasteiger partial charge in [-0.25, -0.2) is 0 Å². The van der Waals surface area contributed by atoms with Crippen LogP contribution in [0.3, 0.4) is 0 Å². The molecule has 1 saturated heterocycles. The number of fused-ring (bicyclic) bond motifs is 1. The first kappa shape index (κ1) is 20.6. The molecule has 1 fully saturated rings. The molecule has 0 bridgehead atoms. The molecule has 2 aliphatic rings. The number of aryl methyl sites for hydroxylation is 1. The fourth-order valence-electron chi connectivity index (χ4n) is 4.83. The normalized spacial score (nSPS) is 21.6. The molecule has 2 aromatic carbocycles. The Hall–Kier alpha value is -2.66. The second-order valence-electron chi connectivity index (χ2n) is 8.98. The number of carbonyl (C=O) groups is 2. The lowest BCUT2D eigenvalue weighted by molar-refractivity contribution is 0.0812. The van der Waals surface area contributed by atoms with E-state index >= 15 is 0 Å². The third kappa shape index (κ3) is 4.26. The Labute approximate surface area is 179 Å². The molecule has 2 heterocycles. The summed E-state index contributed by atoms with van der Waals surface area (Å²) >= 11 is 0. The van der Waals surface area contributed by atoms with E-state index in [4.69, 9.17) is 0 Å². The van der Waals surface area contributed by atoms with Crippen LogP contribution in [0.2, 0.25) is 0 Å². The van der Waals surface area contributed by atoms with E-state index in [1.807, 2.05) is 24.3 Å². The van der Waals surface area contributed by atoms with Gasteiger partial charge in [0.15, 0.2) is 0 Å². The summed E-state index contributed by atoms with van der Waals surface area (Å²) in [4.78, 5) is 29.3. The summed E-state index contributed by atoms with van der Waals surface area (Å²) in [6.07, 6.45) is 3.56. The van der Waals surface area contributed by atoms with E-state index in [0.717, 1.165) is 29.5 Å². The lowest BCUT2D eigenvalue weighted by Gasteiger charge is -2.34. The lowest BCUT2D eigenvalue weighted by atomic mass is 9.83. The van der Waals surface area contributed by atoms with Crippen molar-refractivity contribution in [3.05, 3.63) is 64.7 Å². The van der Waals surface area contributed by atoms with E-state index in [1.165, 1.54) is 31.5 Å². The smallest absolute Gasteiger partial charge is 0.256 e. The first-order valence-corrected chi connectivity index (χ1v) is 10.9. The fourth-order valence-corrected chi connectivity index (χ4v) is 4.83. The van der Waals surface area contributed by atoms with E-state index in [0.29, 0.717) is 17.7 Å². The molecular weight excluding hydrogens is 374 g/mol. The molecule has 4 rings (SSSR count). The molecule has 0 spiro atoms. The van der Waals surface area contributed by atoms with Crippen molar-refractivity contribution in [3.8, 4) is 0 Å². The molecule has 0 unspecified atom stereocenters. The van der Waals surface area contributed by atoms with Gasteiger partial charge in [0, 0.05) is 25.8 Å². The zero-order valence-electron chi connectivity index (χ0n) is 18.1. The van der Waals surface area contributed by atoms with Crippen LogP contribution in [0.4, 0.5) is 5.69 Å². The zero-order chi connectivity index (χ0) is 21.3. The summed E-state index contributed by atoms with van der Waals surface area (Å²) in [5, 5.41) is 2.95. The summed E-state index contributed by atoms with van der Waals surface area (Å²) in [6.45, 7) is 5.31. The van der Waals surface area contributed by atoms with Gasteiger partial charge >= 0.3 is 0 Å². The van der Waals surface area contributed by atoms with Gasteiger partial charge in [-0.15, -0.1) is 0 Å². The van der Waals surface area contributed by atoms with Gasteiger partial charge in [-0.05, 0) is 74.0 Å². The van der Waals surface area contributed by atoms with E-state index < -0.39 is 0 Å². The van der Waals surface area contributed by atoms with Crippen molar-refractivity contribution in [1.82, 2.24) is 9.80 Å². The van der Waals surface area contributed by atoms with E-state index in [2.05, 4.69) is 36.3 Å². The van der Waals surface area contributed by atoms with Crippen molar-refractivity contribution < 1.29 is 9.59 Å². The summed E-state index contributed by atoms with van der Waals surface area (Å²) in [7, 11) is 3.96. The minimum absolute atomic E-state index is 0.0887. The Balaban J connectivity index is 1.37. The van der Waals surface area contributed by atoms with Gasteiger partial charge in [-0.3, -0.25) is 9.59 Å². The number of rotatable bonds is 5. The quantitative estimate of drug-likeness (QED) is 0.817. The second-order valence-corrected chi connectivity index (χ2v) is 8.98. The van der Waals surface area contributed by atoms with Crippen molar-refractivity contribution in [3.63, 3.8) is 0 Å². The van der Waals surface area contributed by atoms with Crippen LogP contribution in [0.1, 0.15) is 51.6 Å². The zero-order valence-corrected chi connectivity index (χ0v) is 18.1. The highest BCUT2D eigenvalue weighted by Crippen LogP contribution is 2.28. The molecule has 2 aliphatic heterocycles. The Kier molecular flexibility index (Phi) is 5.91. The Morgan fingerprint density at radius 1 is 1.13 bits per heavy atom. The van der Waals surface area contributed by atoms with Crippen LogP contribution in [0.5, 0.6) is 0 Å². The first-order chi connectivity index (χ1) is 14.4. The van der Waals surface area contributed by atoms with Crippen LogP contribution in [-0.2, 0) is 13.0 Å². The largest absolute Gasteiger partial charge is 0.337 e. The van der Waals surface area contributed by atoms with Crippen molar-refractivity contribution in [2.75, 3.05) is 32.5 Å². The molecule has 5 heteroatoms. The van der Waals surface area contributed by atoms with Gasteiger partial charge in [-0.1, -0.05) is 31.2 Å². The van der Waals surface area contributed by atoms with E-state index in [-0.39, 0.29) is 11.8 Å². The molecule has 0 saturated carbocycles. The molecule has 2 amide bonds. The van der Waals surface area contributed by atoms with Crippen LogP contribution in [0.25, 0.3) is 0 Å². The summed E-state index contributed by atoms with van der Waals surface area (Å²) in [5.41, 5.74) is 3.95. The number of piperidine rings is 1. The summed E-state index contributed by atoms with van der Waals surface area (Å²) in [6, 6.07) is 13.6. The van der Waals surface area contributed by atoms with Gasteiger partial charge in [0.1, 0.15) is 0 Å². The highest BCUT2D eigenvalue weighted by Gasteiger charge is 2.29. The average Bonchev–Trinajstić information content (AvgIpc) is 3.02. The average molecular weight is 406 g/mol. The Morgan fingerprint density at radius 3 is 2.63 bits per heavy atom. The number of nitrogens with one attached hydrogen (secondary N) is 1. The van der Waals surface area contributed by atoms with Crippen molar-refractivity contribution in [2.45, 2.75) is 32.7 Å². The number of benzene rings is 2. The molecule has 158 valence electrons. The number of hydrogen-bond donors (Lipinski definition) is 1. The number of carbonyl (C=O) groups excluding carboxylic acids is 2. The highest BCUT2D eigenvalue weighted by atomic mass is 16.2. The predicted octanol–water partition coefficient (Wildman–Crippen LogP) is 4.04. The van der Waals surface area contributed by atoms with Gasteiger partial charge < -0.3 is 15.1 Å². The lowest BCUT2D eigenvalue weighted by Crippen LogP contribution is -2.36. The van der Waals surface area contributed by atoms with Gasteiger partial charge in [0.2, 0.25) is 0 Å². The molecule has 0 aromatic heterocycles. The Bertz CT molecular complexity index is 938. The number of amides is 2. The Morgan fingerprint density at radius 2 is 1.90 bits per heavy atom. The molecule has 0 radical (unpaired) electrons. The minimum Gasteiger partial charge on any atom is -0.337 e. The molecule has 0 aliphatic carbocycles. The van der Waals surface area contributed by atoms with Crippen molar-refractivity contribution in [2.24, 2.45) is 11.8 Å².